The van der Waals surface area contributed by atoms with Gasteiger partial charge in [0.2, 0.25) is 5.95 Å². The maximum atomic E-state index is 12.4. The number of fused-ring (bicyclic) bond motifs is 1. The van der Waals surface area contributed by atoms with Gasteiger partial charge < -0.3 is 29.9 Å². The molecule has 2 aromatic heterocycles. The van der Waals surface area contributed by atoms with Crippen LogP contribution in [-0.2, 0) is 6.42 Å². The Bertz CT molecular complexity index is 1970. The van der Waals surface area contributed by atoms with Gasteiger partial charge in [-0.05, 0) is 49.2 Å². The topological polar surface area (TPSA) is 149 Å². The van der Waals surface area contributed by atoms with Gasteiger partial charge in [-0.2, -0.15) is 0 Å². The van der Waals surface area contributed by atoms with Gasteiger partial charge in [-0.25, -0.2) is 15.0 Å². The van der Waals surface area contributed by atoms with E-state index in [2.05, 4.69) is 61.3 Å². The predicted octanol–water partition coefficient (Wildman–Crippen LogP) is 5.49. The number of nitrogens with zero attached hydrogens (tertiary/aromatic N) is 7. The van der Waals surface area contributed by atoms with E-state index in [1.165, 1.54) is 6.07 Å². The van der Waals surface area contributed by atoms with E-state index in [0.717, 1.165) is 80.0 Å². The van der Waals surface area contributed by atoms with E-state index in [1.54, 1.807) is 25.4 Å². The summed E-state index contributed by atoms with van der Waals surface area (Å²) in [5, 5.41) is 27.3. The number of imidazole rings is 1. The minimum atomic E-state index is -0.335. The first kappa shape index (κ1) is 33.4. The number of nitrogens with one attached hydrogen (secondary N) is 2. The second kappa shape index (κ2) is 14.8. The highest BCUT2D eigenvalue weighted by Gasteiger charge is 2.30. The number of aromatic nitrogens is 4. The molecule has 0 amide bonds. The van der Waals surface area contributed by atoms with E-state index in [-0.39, 0.29) is 23.2 Å². The van der Waals surface area contributed by atoms with Crippen LogP contribution in [0.25, 0.3) is 33.4 Å². The number of hydrogen-bond donors (Lipinski definition) is 3. The maximum Gasteiger partial charge on any atom is 0.294 e. The largest absolute Gasteiger partial charge is 0.494 e. The lowest BCUT2D eigenvalue weighted by atomic mass is 10.0. The number of rotatable bonds is 11. The van der Waals surface area contributed by atoms with Crippen LogP contribution in [-0.4, -0.2) is 106 Å². The molecule has 0 unspecified atom stereocenters. The van der Waals surface area contributed by atoms with E-state index < -0.39 is 0 Å². The highest BCUT2D eigenvalue weighted by Crippen LogP contribution is 2.41. The number of anilines is 3. The Kier molecular flexibility index (Phi) is 9.88. The second-order valence-corrected chi connectivity index (χ2v) is 13.0. The molecule has 2 fully saturated rings. The molecule has 3 aromatic carbocycles. The van der Waals surface area contributed by atoms with Crippen molar-refractivity contribution in [1.82, 2.24) is 29.7 Å². The van der Waals surface area contributed by atoms with Crippen LogP contribution in [0.3, 0.4) is 0 Å². The van der Waals surface area contributed by atoms with Crippen molar-refractivity contribution in [2.24, 2.45) is 0 Å². The van der Waals surface area contributed by atoms with Gasteiger partial charge in [-0.15, -0.1) is 0 Å². The Morgan fingerprint density at radius 2 is 1.78 bits per heavy atom. The minimum absolute atomic E-state index is 0.00295. The highest BCUT2D eigenvalue weighted by atomic mass is 16.6. The first-order valence-electron chi connectivity index (χ1n) is 17.2. The molecule has 0 saturated carbocycles. The maximum absolute atomic E-state index is 12.4. The number of ether oxygens (including phenoxy) is 1. The molecule has 7 rings (SSSR count). The number of hydrogen-bond acceptors (Lipinski definition) is 11. The van der Waals surface area contributed by atoms with Crippen LogP contribution in [0.2, 0.25) is 0 Å². The summed E-state index contributed by atoms with van der Waals surface area (Å²) in [4.78, 5) is 36.7. The van der Waals surface area contributed by atoms with Crippen LogP contribution in [0.1, 0.15) is 25.1 Å². The first-order chi connectivity index (χ1) is 24.4. The number of likely N-dealkylation sites (N-methyl/N-ethyl adjacent to an activating group) is 1. The van der Waals surface area contributed by atoms with Crippen molar-refractivity contribution in [2.75, 3.05) is 70.2 Å². The zero-order valence-electron chi connectivity index (χ0n) is 28.5. The molecule has 5 aromatic rings. The molecule has 2 aliphatic rings. The zero-order chi connectivity index (χ0) is 34.6. The van der Waals surface area contributed by atoms with E-state index in [0.29, 0.717) is 47.4 Å². The van der Waals surface area contributed by atoms with Crippen molar-refractivity contribution >= 4 is 33.8 Å². The number of aromatic amines is 1. The fourth-order valence-electron chi connectivity index (χ4n) is 7.08. The molecule has 50 heavy (non-hydrogen) atoms. The van der Waals surface area contributed by atoms with Gasteiger partial charge in [0.15, 0.2) is 0 Å². The summed E-state index contributed by atoms with van der Waals surface area (Å²) in [5.41, 5.74) is 3.94. The van der Waals surface area contributed by atoms with E-state index >= 15 is 0 Å². The normalized spacial score (nSPS) is 16.2. The summed E-state index contributed by atoms with van der Waals surface area (Å²) >= 11 is 0. The summed E-state index contributed by atoms with van der Waals surface area (Å²) in [5.74, 6) is 1.46. The molecule has 2 aliphatic heterocycles. The number of H-pyrrole nitrogens is 1. The molecule has 3 N–H and O–H groups in total. The van der Waals surface area contributed by atoms with Crippen LogP contribution >= 0.6 is 0 Å². The molecule has 0 aliphatic carbocycles. The summed E-state index contributed by atoms with van der Waals surface area (Å²) in [6.07, 6.45) is 4.71. The van der Waals surface area contributed by atoms with E-state index in [4.69, 9.17) is 14.7 Å². The van der Waals surface area contributed by atoms with Crippen molar-refractivity contribution in [1.29, 1.82) is 0 Å². The Morgan fingerprint density at radius 3 is 2.52 bits per heavy atom. The van der Waals surface area contributed by atoms with Crippen molar-refractivity contribution in [2.45, 2.75) is 31.7 Å². The lowest BCUT2D eigenvalue weighted by molar-refractivity contribution is -0.384. The number of piperidine rings is 1. The van der Waals surface area contributed by atoms with Crippen LogP contribution in [0.4, 0.5) is 23.0 Å². The molecular weight excluding hydrogens is 634 g/mol. The van der Waals surface area contributed by atoms with Gasteiger partial charge in [0.1, 0.15) is 17.3 Å². The third-order valence-electron chi connectivity index (χ3n) is 9.86. The van der Waals surface area contributed by atoms with Gasteiger partial charge in [-0.1, -0.05) is 36.4 Å². The van der Waals surface area contributed by atoms with Gasteiger partial charge in [0.25, 0.3) is 5.69 Å². The summed E-state index contributed by atoms with van der Waals surface area (Å²) < 4.78 is 5.76. The van der Waals surface area contributed by atoms with Crippen LogP contribution in [0.5, 0.6) is 5.75 Å². The molecule has 2 saturated heterocycles. The summed E-state index contributed by atoms with van der Waals surface area (Å²) in [7, 11) is 3.72. The Labute approximate surface area is 291 Å². The predicted molar refractivity (Wildman–Crippen MR) is 195 cm³/mol. The molecule has 13 heteroatoms. The Morgan fingerprint density at radius 1 is 1.00 bits per heavy atom. The van der Waals surface area contributed by atoms with Crippen molar-refractivity contribution < 1.29 is 14.8 Å². The number of aliphatic hydroxyl groups excluding tert-OH is 1. The minimum Gasteiger partial charge on any atom is -0.494 e. The SMILES string of the molecule is COc1cc(N2CCC(N3CCN(C)CC3)CC2)c([N+](=O)[O-])cc1Nc1nccc(-c2[nH]c(CCCO)nc2-c2ccc3ccccc3c2)n1. The third-order valence-corrected chi connectivity index (χ3v) is 9.86. The molecule has 0 spiro atoms. The van der Waals surface area contributed by atoms with Gasteiger partial charge in [-0.3, -0.25) is 15.0 Å². The van der Waals surface area contributed by atoms with E-state index in [9.17, 15) is 15.2 Å². The number of benzene rings is 3. The number of methoxy groups -OCH3 is 1. The quantitative estimate of drug-likeness (QED) is 0.120. The van der Waals surface area contributed by atoms with Crippen molar-refractivity contribution in [3.63, 3.8) is 0 Å². The second-order valence-electron chi connectivity index (χ2n) is 13.0. The lowest BCUT2D eigenvalue weighted by Gasteiger charge is -2.42. The molecule has 0 bridgehead atoms. The summed E-state index contributed by atoms with van der Waals surface area (Å²) in [6, 6.07) is 19.9. The Hall–Kier alpha value is -5.11. The van der Waals surface area contributed by atoms with Crippen molar-refractivity contribution in [3.05, 3.63) is 82.8 Å². The number of aliphatic hydroxyl groups is 1. The van der Waals surface area contributed by atoms with Crippen LogP contribution in [0.15, 0.2) is 66.9 Å². The molecule has 260 valence electrons. The molecule has 0 atom stereocenters. The third kappa shape index (κ3) is 7.11. The molecule has 0 radical (unpaired) electrons. The van der Waals surface area contributed by atoms with Crippen molar-refractivity contribution in [3.8, 4) is 28.4 Å². The fourth-order valence-corrected chi connectivity index (χ4v) is 7.08. The number of nitro groups is 1. The average Bonchev–Trinajstić information content (AvgIpc) is 3.58. The summed E-state index contributed by atoms with van der Waals surface area (Å²) in [6.45, 7) is 5.81. The van der Waals surface area contributed by atoms with Crippen LogP contribution < -0.4 is 15.0 Å². The van der Waals surface area contributed by atoms with Gasteiger partial charge in [0, 0.05) is 82.2 Å². The lowest BCUT2D eigenvalue weighted by Crippen LogP contribution is -2.52. The first-order valence-corrected chi connectivity index (χ1v) is 17.2. The standard InChI is InChI=1S/C37H43N9O4/c1-43-17-19-44(20-18-43)28-12-15-45(16-13-28)31-24-33(50-2)30(23-32(31)46(48)49)40-37-38-14-11-29(39-37)36-35(41-34(42-36)8-5-21-47)27-10-9-25-6-3-4-7-26(25)22-27/h3-4,6-7,9-11,14,22-24,28,47H,5,8,12-13,15-21H2,1-2H3,(H,41,42)(H,38,39,40). The highest BCUT2D eigenvalue weighted by molar-refractivity contribution is 5.89. The number of aryl methyl sites for hydroxylation is 1. The van der Waals surface area contributed by atoms with Crippen LogP contribution in [0, 0.1) is 10.1 Å². The molecule has 4 heterocycles. The van der Waals surface area contributed by atoms with Gasteiger partial charge >= 0.3 is 0 Å². The Balaban J connectivity index is 1.16. The van der Waals surface area contributed by atoms with Gasteiger partial charge in [0.05, 0.1) is 34.8 Å². The number of nitro benzene ring substituents is 1. The monoisotopic (exact) mass is 677 g/mol. The number of piperazine rings is 1. The smallest absolute Gasteiger partial charge is 0.294 e. The zero-order valence-corrected chi connectivity index (χ0v) is 28.5. The average molecular weight is 678 g/mol. The fraction of sp³-hybridized carbons (Fsp3) is 0.378. The molecule has 13 nitrogen and oxygen atoms in total. The van der Waals surface area contributed by atoms with E-state index in [1.807, 2.05) is 18.2 Å². The molecular formula is C37H43N9O4.